The summed E-state index contributed by atoms with van der Waals surface area (Å²) in [7, 11) is 0. The molecule has 0 saturated carbocycles. The molecule has 0 bridgehead atoms. The molecule has 0 fully saturated rings. The third kappa shape index (κ3) is 3.43. The van der Waals surface area contributed by atoms with Crippen LogP contribution >= 0.6 is 11.8 Å². The van der Waals surface area contributed by atoms with Gasteiger partial charge in [0.2, 0.25) is 0 Å². The highest BCUT2D eigenvalue weighted by Crippen LogP contribution is 2.27. The van der Waals surface area contributed by atoms with Gasteiger partial charge in [-0.05, 0) is 18.2 Å². The maximum atomic E-state index is 11.6. The van der Waals surface area contributed by atoms with Crippen molar-refractivity contribution >= 4 is 28.5 Å². The number of nitro benzene ring substituents is 1. The lowest BCUT2D eigenvalue weighted by Crippen LogP contribution is -2.15. The highest BCUT2D eigenvalue weighted by atomic mass is 32.2. The molecule has 1 aliphatic rings. The summed E-state index contributed by atoms with van der Waals surface area (Å²) < 4.78 is 1.98. The van der Waals surface area contributed by atoms with Gasteiger partial charge in [-0.3, -0.25) is 15.1 Å². The fourth-order valence-corrected chi connectivity index (χ4v) is 3.66. The van der Waals surface area contributed by atoms with Crippen molar-refractivity contribution in [2.75, 3.05) is 12.8 Å². The number of fused-ring (bicyclic) bond motifs is 1. The predicted octanol–water partition coefficient (Wildman–Crippen LogP) is 3.00. The Morgan fingerprint density at radius 3 is 2.72 bits per heavy atom. The molecule has 0 aliphatic carbocycles. The molecule has 1 aliphatic heterocycles. The van der Waals surface area contributed by atoms with Crippen molar-refractivity contribution in [2.45, 2.75) is 19.4 Å². The zero-order valence-electron chi connectivity index (χ0n) is 13.6. The topological polar surface area (TPSA) is 97.7 Å². The number of hydrogen-bond donors (Lipinski definition) is 1. The Bertz CT molecular complexity index is 856. The molecule has 130 valence electrons. The van der Waals surface area contributed by atoms with Crippen LogP contribution < -0.4 is 0 Å². The van der Waals surface area contributed by atoms with Crippen LogP contribution in [-0.4, -0.2) is 38.4 Å². The molecule has 0 radical (unpaired) electrons. The molecule has 0 spiro atoms. The van der Waals surface area contributed by atoms with Gasteiger partial charge in [-0.15, -0.1) is 11.8 Å². The summed E-state index contributed by atoms with van der Waals surface area (Å²) in [5, 5.41) is 21.0. The third-order valence-corrected chi connectivity index (χ3v) is 4.94. The first kappa shape index (κ1) is 17.2. The van der Waals surface area contributed by atoms with Gasteiger partial charge >= 0.3 is 5.97 Å². The molecular weight excluding hydrogens is 342 g/mol. The number of thioether (sulfide) groups is 1. The molecule has 1 N–H and O–H groups in total. The van der Waals surface area contributed by atoms with Gasteiger partial charge in [-0.25, -0.2) is 4.79 Å². The van der Waals surface area contributed by atoms with Crippen LogP contribution in [0.15, 0.2) is 35.5 Å². The lowest BCUT2D eigenvalue weighted by molar-refractivity contribution is -0.384. The molecule has 1 aromatic heterocycles. The molecule has 0 atom stereocenters. The second kappa shape index (κ2) is 7.10. The molecule has 8 heteroatoms. The molecule has 1 aromatic carbocycles. The Kier molecular flexibility index (Phi) is 4.89. The summed E-state index contributed by atoms with van der Waals surface area (Å²) in [6.45, 7) is 1.28. The lowest BCUT2D eigenvalue weighted by atomic mass is 10.1. The summed E-state index contributed by atoms with van der Waals surface area (Å²) in [5.74, 6) is -0.950. The number of aromatic nitrogens is 1. The van der Waals surface area contributed by atoms with E-state index in [1.165, 1.54) is 23.9 Å². The first-order valence-electron chi connectivity index (χ1n) is 7.78. The first-order chi connectivity index (χ1) is 12.0. The Balaban J connectivity index is 1.85. The molecule has 0 unspecified atom stereocenters. The van der Waals surface area contributed by atoms with E-state index in [1.807, 2.05) is 10.8 Å². The van der Waals surface area contributed by atoms with E-state index in [1.54, 1.807) is 18.3 Å². The van der Waals surface area contributed by atoms with Crippen LogP contribution in [0.2, 0.25) is 0 Å². The van der Waals surface area contributed by atoms with Crippen molar-refractivity contribution < 1.29 is 14.8 Å². The number of non-ortho nitro benzene ring substituents is 1. The second-order valence-corrected chi connectivity index (χ2v) is 6.47. The summed E-state index contributed by atoms with van der Waals surface area (Å²) in [6, 6.07) is 6.45. The minimum absolute atomic E-state index is 0.0658. The van der Waals surface area contributed by atoms with Crippen LogP contribution in [0.3, 0.4) is 0 Å². The maximum Gasteiger partial charge on any atom is 0.337 e. The predicted molar refractivity (Wildman–Crippen MR) is 96.8 cm³/mol. The minimum atomic E-state index is -0.950. The van der Waals surface area contributed by atoms with Crippen LogP contribution in [0.4, 0.5) is 5.69 Å². The van der Waals surface area contributed by atoms with Gasteiger partial charge in [0.25, 0.3) is 5.69 Å². The van der Waals surface area contributed by atoms with Crippen molar-refractivity contribution in [3.05, 3.63) is 63.0 Å². The number of carbonyl (C=O) groups is 1. The lowest BCUT2D eigenvalue weighted by Gasteiger charge is -2.15. The van der Waals surface area contributed by atoms with Gasteiger partial charge in [0.15, 0.2) is 0 Å². The number of nitrogens with zero attached hydrogens (tertiary/aromatic N) is 3. The van der Waals surface area contributed by atoms with E-state index in [0.29, 0.717) is 25.9 Å². The van der Waals surface area contributed by atoms with Crippen molar-refractivity contribution in [1.82, 2.24) is 4.57 Å². The molecular formula is C17H17N3O4S. The van der Waals surface area contributed by atoms with Crippen LogP contribution in [0.25, 0.3) is 0 Å². The minimum Gasteiger partial charge on any atom is -0.478 e. The zero-order valence-corrected chi connectivity index (χ0v) is 14.5. The van der Waals surface area contributed by atoms with Crippen molar-refractivity contribution in [2.24, 2.45) is 4.99 Å². The summed E-state index contributed by atoms with van der Waals surface area (Å²) in [6.07, 6.45) is 4.96. The Morgan fingerprint density at radius 2 is 2.12 bits per heavy atom. The van der Waals surface area contributed by atoms with E-state index in [4.69, 9.17) is 0 Å². The molecule has 0 saturated heterocycles. The van der Waals surface area contributed by atoms with Crippen LogP contribution in [0, 0.1) is 10.1 Å². The van der Waals surface area contributed by atoms with Crippen LogP contribution in [-0.2, 0) is 19.4 Å². The smallest absolute Gasteiger partial charge is 0.337 e. The molecule has 3 rings (SSSR count). The van der Waals surface area contributed by atoms with E-state index in [0.717, 1.165) is 21.9 Å². The van der Waals surface area contributed by atoms with Gasteiger partial charge in [0.05, 0.1) is 10.5 Å². The summed E-state index contributed by atoms with van der Waals surface area (Å²) in [5.41, 5.74) is 3.05. The van der Waals surface area contributed by atoms with Crippen molar-refractivity contribution in [3.8, 4) is 0 Å². The normalized spacial score (nSPS) is 13.2. The number of nitro groups is 1. The van der Waals surface area contributed by atoms with E-state index < -0.39 is 10.9 Å². The van der Waals surface area contributed by atoms with Crippen LogP contribution in [0.1, 0.15) is 27.2 Å². The number of benzene rings is 1. The van der Waals surface area contributed by atoms with Gasteiger partial charge in [0, 0.05) is 49.1 Å². The Morgan fingerprint density at radius 1 is 1.40 bits per heavy atom. The average Bonchev–Trinajstić information content (AvgIpc) is 2.99. The van der Waals surface area contributed by atoms with Crippen molar-refractivity contribution in [1.29, 1.82) is 0 Å². The molecule has 0 amide bonds. The first-order valence-corrected chi connectivity index (χ1v) is 9.01. The van der Waals surface area contributed by atoms with E-state index in [2.05, 4.69) is 4.99 Å². The fourth-order valence-electron chi connectivity index (χ4n) is 3.01. The van der Waals surface area contributed by atoms with Crippen LogP contribution in [0.5, 0.6) is 0 Å². The maximum absolute atomic E-state index is 11.6. The number of aromatic carboxylic acids is 1. The number of carboxylic acid groups (broad SMARTS) is 1. The largest absolute Gasteiger partial charge is 0.478 e. The van der Waals surface area contributed by atoms with Crippen molar-refractivity contribution in [3.63, 3.8) is 0 Å². The summed E-state index contributed by atoms with van der Waals surface area (Å²) in [4.78, 5) is 26.3. The van der Waals surface area contributed by atoms with E-state index in [9.17, 15) is 20.0 Å². The standard InChI is InChI=1S/C17H17N3O4S/c1-25-16-15-13(17(21)22)10-19(14(15)6-8-18-16)9-7-11-2-4-12(5-3-11)20(23)24/h2-5,10H,6-9H2,1H3,(H,21,22). The van der Waals surface area contributed by atoms with Gasteiger partial charge in [0.1, 0.15) is 5.04 Å². The van der Waals surface area contributed by atoms with E-state index >= 15 is 0 Å². The van der Waals surface area contributed by atoms with Gasteiger partial charge < -0.3 is 9.67 Å². The molecule has 2 heterocycles. The zero-order chi connectivity index (χ0) is 18.0. The SMILES string of the molecule is CSC1=NCCc2c1c(C(=O)O)cn2CCc1ccc([N+](=O)[O-])cc1. The quantitative estimate of drug-likeness (QED) is 0.654. The second-order valence-electron chi connectivity index (χ2n) is 5.68. The highest BCUT2D eigenvalue weighted by molar-refractivity contribution is 8.13. The number of aliphatic imine (C=N–C) groups is 1. The van der Waals surface area contributed by atoms with Gasteiger partial charge in [-0.2, -0.15) is 0 Å². The number of rotatable bonds is 5. The van der Waals surface area contributed by atoms with E-state index in [-0.39, 0.29) is 11.3 Å². The molecule has 2 aromatic rings. The Hall–Kier alpha value is -2.61. The third-order valence-electron chi connectivity index (χ3n) is 4.22. The monoisotopic (exact) mass is 359 g/mol. The summed E-state index contributed by atoms with van der Waals surface area (Å²) >= 11 is 1.46. The van der Waals surface area contributed by atoms with Gasteiger partial charge in [-0.1, -0.05) is 12.1 Å². The Labute approximate surface area is 148 Å². The number of hydrogen-bond acceptors (Lipinski definition) is 5. The average molecular weight is 359 g/mol. The fraction of sp³-hybridized carbons (Fsp3) is 0.294. The molecule has 7 nitrogen and oxygen atoms in total. The number of carboxylic acids is 1. The highest BCUT2D eigenvalue weighted by Gasteiger charge is 2.25. The number of aryl methyl sites for hydroxylation is 2. The molecule has 25 heavy (non-hydrogen) atoms.